The first-order chi connectivity index (χ1) is 12.9. The van der Waals surface area contributed by atoms with Crippen LogP contribution in [-0.4, -0.2) is 43.0 Å². The molecule has 2 heterocycles. The number of aryl methyl sites for hydroxylation is 1. The number of benzene rings is 1. The van der Waals surface area contributed by atoms with E-state index in [0.717, 1.165) is 16.0 Å². The number of rotatable bonds is 3. The van der Waals surface area contributed by atoms with Crippen LogP contribution in [-0.2, 0) is 16.1 Å². The Morgan fingerprint density at radius 1 is 1.30 bits per heavy atom. The maximum atomic E-state index is 12.5. The minimum absolute atomic E-state index is 0.0919. The van der Waals surface area contributed by atoms with Crippen LogP contribution in [0.15, 0.2) is 24.3 Å². The molecule has 1 aliphatic rings. The quantitative estimate of drug-likeness (QED) is 0.821. The molecule has 0 saturated heterocycles. The molecule has 0 atom stereocenters. The standard InChI is InChI=1S/C20H24N2O4S/c1-12(2)21-19(23)20(24)22-7-8-26-18-15(11-22)9-14(10-16(18)25-4)17-6-5-13(3)27-17/h5-6,9-10,12H,7-8,11H2,1-4H3,(H,21,23). The molecular weight excluding hydrogens is 364 g/mol. The highest BCUT2D eigenvalue weighted by Crippen LogP contribution is 2.40. The Hall–Kier alpha value is -2.54. The van der Waals surface area contributed by atoms with Gasteiger partial charge in [0.05, 0.1) is 20.2 Å². The predicted octanol–water partition coefficient (Wildman–Crippen LogP) is 2.98. The molecule has 1 N–H and O–H groups in total. The minimum Gasteiger partial charge on any atom is -0.493 e. The van der Waals surface area contributed by atoms with Crippen molar-refractivity contribution in [3.05, 3.63) is 34.7 Å². The van der Waals surface area contributed by atoms with Crippen LogP contribution in [0.5, 0.6) is 11.5 Å². The third kappa shape index (κ3) is 4.24. The summed E-state index contributed by atoms with van der Waals surface area (Å²) in [5, 5.41) is 2.65. The first-order valence-electron chi connectivity index (χ1n) is 8.89. The molecular formula is C20H24N2O4S. The summed E-state index contributed by atoms with van der Waals surface area (Å²) >= 11 is 1.69. The number of hydrogen-bond donors (Lipinski definition) is 1. The fourth-order valence-corrected chi connectivity index (χ4v) is 3.86. The summed E-state index contributed by atoms with van der Waals surface area (Å²) < 4.78 is 11.4. The van der Waals surface area contributed by atoms with Gasteiger partial charge in [0.1, 0.15) is 6.61 Å². The number of nitrogens with one attached hydrogen (secondary N) is 1. The number of nitrogens with zero attached hydrogens (tertiary/aromatic N) is 1. The van der Waals surface area contributed by atoms with Crippen molar-refractivity contribution in [2.45, 2.75) is 33.4 Å². The van der Waals surface area contributed by atoms with Crippen LogP contribution >= 0.6 is 11.3 Å². The van der Waals surface area contributed by atoms with Gasteiger partial charge in [-0.05, 0) is 50.6 Å². The van der Waals surface area contributed by atoms with Crippen LogP contribution in [0.25, 0.3) is 10.4 Å². The summed E-state index contributed by atoms with van der Waals surface area (Å²) in [6.07, 6.45) is 0. The highest BCUT2D eigenvalue weighted by molar-refractivity contribution is 7.15. The van der Waals surface area contributed by atoms with E-state index < -0.39 is 11.8 Å². The molecule has 1 aromatic carbocycles. The number of carbonyl (C=O) groups excluding carboxylic acids is 2. The van der Waals surface area contributed by atoms with Gasteiger partial charge in [0.15, 0.2) is 11.5 Å². The zero-order chi connectivity index (χ0) is 19.6. The predicted molar refractivity (Wildman–Crippen MR) is 105 cm³/mol. The topological polar surface area (TPSA) is 67.9 Å². The van der Waals surface area contributed by atoms with Crippen LogP contribution < -0.4 is 14.8 Å². The van der Waals surface area contributed by atoms with Gasteiger partial charge in [0, 0.05) is 21.4 Å². The molecule has 144 valence electrons. The van der Waals surface area contributed by atoms with Gasteiger partial charge in [-0.3, -0.25) is 9.59 Å². The van der Waals surface area contributed by atoms with Gasteiger partial charge >= 0.3 is 11.8 Å². The third-order valence-electron chi connectivity index (χ3n) is 4.25. The number of fused-ring (bicyclic) bond motifs is 1. The molecule has 0 spiro atoms. The molecule has 7 heteroatoms. The van der Waals surface area contributed by atoms with E-state index in [4.69, 9.17) is 9.47 Å². The van der Waals surface area contributed by atoms with E-state index >= 15 is 0 Å². The van der Waals surface area contributed by atoms with Gasteiger partial charge in [-0.1, -0.05) is 0 Å². The summed E-state index contributed by atoms with van der Waals surface area (Å²) in [4.78, 5) is 28.5. The normalized spacial score (nSPS) is 13.6. The van der Waals surface area contributed by atoms with E-state index in [2.05, 4.69) is 24.4 Å². The monoisotopic (exact) mass is 388 g/mol. The lowest BCUT2D eigenvalue weighted by Gasteiger charge is -2.20. The van der Waals surface area contributed by atoms with Crippen molar-refractivity contribution in [3.63, 3.8) is 0 Å². The van der Waals surface area contributed by atoms with Crippen molar-refractivity contribution >= 4 is 23.2 Å². The lowest BCUT2D eigenvalue weighted by molar-refractivity contribution is -0.146. The largest absolute Gasteiger partial charge is 0.493 e. The molecule has 1 aliphatic heterocycles. The molecule has 6 nitrogen and oxygen atoms in total. The fraction of sp³-hybridized carbons (Fsp3) is 0.400. The Kier molecular flexibility index (Phi) is 5.70. The summed E-state index contributed by atoms with van der Waals surface area (Å²) in [6.45, 7) is 6.66. The van der Waals surface area contributed by atoms with Gasteiger partial charge < -0.3 is 19.7 Å². The van der Waals surface area contributed by atoms with E-state index in [9.17, 15) is 9.59 Å². The lowest BCUT2D eigenvalue weighted by Crippen LogP contribution is -2.45. The van der Waals surface area contributed by atoms with Crippen molar-refractivity contribution in [1.29, 1.82) is 0 Å². The highest BCUT2D eigenvalue weighted by Gasteiger charge is 2.27. The minimum atomic E-state index is -0.592. The molecule has 1 aromatic heterocycles. The second-order valence-electron chi connectivity index (χ2n) is 6.78. The van der Waals surface area contributed by atoms with Gasteiger partial charge in [0.2, 0.25) is 0 Å². The molecule has 0 bridgehead atoms. The smallest absolute Gasteiger partial charge is 0.312 e. The Morgan fingerprint density at radius 2 is 2.07 bits per heavy atom. The molecule has 27 heavy (non-hydrogen) atoms. The number of hydrogen-bond acceptors (Lipinski definition) is 5. The van der Waals surface area contributed by atoms with Crippen molar-refractivity contribution in [2.24, 2.45) is 0 Å². The van der Waals surface area contributed by atoms with Crippen LogP contribution in [0, 0.1) is 6.92 Å². The van der Waals surface area contributed by atoms with E-state index in [-0.39, 0.29) is 6.04 Å². The number of ether oxygens (including phenoxy) is 2. The second kappa shape index (κ2) is 8.00. The summed E-state index contributed by atoms with van der Waals surface area (Å²) in [6, 6.07) is 8.01. The van der Waals surface area contributed by atoms with Gasteiger partial charge in [-0.25, -0.2) is 0 Å². The molecule has 0 fully saturated rings. The second-order valence-corrected chi connectivity index (χ2v) is 8.07. The average Bonchev–Trinajstić information content (AvgIpc) is 2.94. The van der Waals surface area contributed by atoms with Crippen molar-refractivity contribution in [2.75, 3.05) is 20.3 Å². The molecule has 3 rings (SSSR count). The summed E-state index contributed by atoms with van der Waals surface area (Å²) in [5.41, 5.74) is 1.84. The first kappa shape index (κ1) is 19.2. The van der Waals surface area contributed by atoms with Crippen LogP contribution in [0.3, 0.4) is 0 Å². The first-order valence-corrected chi connectivity index (χ1v) is 9.71. The average molecular weight is 388 g/mol. The number of amides is 2. The Bertz CT molecular complexity index is 860. The van der Waals surface area contributed by atoms with E-state index in [1.807, 2.05) is 26.0 Å². The zero-order valence-electron chi connectivity index (χ0n) is 16.0. The number of thiophene rings is 1. The van der Waals surface area contributed by atoms with Crippen LogP contribution in [0.4, 0.5) is 0 Å². The van der Waals surface area contributed by atoms with E-state index in [0.29, 0.717) is 31.2 Å². The summed E-state index contributed by atoms with van der Waals surface area (Å²) in [7, 11) is 1.60. The van der Waals surface area contributed by atoms with Crippen LogP contribution in [0.1, 0.15) is 24.3 Å². The number of carbonyl (C=O) groups is 2. The molecule has 0 aliphatic carbocycles. The van der Waals surface area contributed by atoms with E-state index in [1.165, 1.54) is 9.78 Å². The highest BCUT2D eigenvalue weighted by atomic mass is 32.1. The molecule has 2 amide bonds. The molecule has 2 aromatic rings. The van der Waals surface area contributed by atoms with Gasteiger partial charge in [-0.2, -0.15) is 0 Å². The fourth-order valence-electron chi connectivity index (χ4n) is 3.01. The Balaban J connectivity index is 1.93. The number of methoxy groups -OCH3 is 1. The van der Waals surface area contributed by atoms with Crippen molar-refractivity contribution in [3.8, 4) is 21.9 Å². The van der Waals surface area contributed by atoms with Crippen molar-refractivity contribution in [1.82, 2.24) is 10.2 Å². The lowest BCUT2D eigenvalue weighted by atomic mass is 10.1. The van der Waals surface area contributed by atoms with Crippen molar-refractivity contribution < 1.29 is 19.1 Å². The molecule has 0 saturated carbocycles. The van der Waals surface area contributed by atoms with Crippen LogP contribution in [0.2, 0.25) is 0 Å². The molecule has 0 radical (unpaired) electrons. The summed E-state index contributed by atoms with van der Waals surface area (Å²) in [5.74, 6) is 0.130. The SMILES string of the molecule is COc1cc(-c2ccc(C)s2)cc2c1OCCN(C(=O)C(=O)NC(C)C)C2. The Morgan fingerprint density at radius 3 is 2.70 bits per heavy atom. The Labute approximate surface area is 163 Å². The maximum absolute atomic E-state index is 12.5. The third-order valence-corrected chi connectivity index (χ3v) is 5.30. The van der Waals surface area contributed by atoms with Gasteiger partial charge in [-0.15, -0.1) is 11.3 Å². The zero-order valence-corrected chi connectivity index (χ0v) is 16.8. The molecule has 0 unspecified atom stereocenters. The maximum Gasteiger partial charge on any atom is 0.312 e. The van der Waals surface area contributed by atoms with Gasteiger partial charge in [0.25, 0.3) is 0 Å². The van der Waals surface area contributed by atoms with E-state index in [1.54, 1.807) is 18.4 Å².